The predicted molar refractivity (Wildman–Crippen MR) is 99.2 cm³/mol. The Morgan fingerprint density at radius 1 is 1.29 bits per heavy atom. The summed E-state index contributed by atoms with van der Waals surface area (Å²) in [6, 6.07) is 4.92. The van der Waals surface area contributed by atoms with Crippen LogP contribution >= 0.6 is 11.6 Å². The van der Waals surface area contributed by atoms with E-state index in [9.17, 15) is 22.8 Å². The third kappa shape index (κ3) is 4.58. The van der Waals surface area contributed by atoms with Gasteiger partial charge in [-0.2, -0.15) is 13.2 Å². The molecule has 1 aromatic heterocycles. The van der Waals surface area contributed by atoms with Gasteiger partial charge in [-0.05, 0) is 54.7 Å². The van der Waals surface area contributed by atoms with Crippen LogP contribution in [0, 0.1) is 5.92 Å². The first-order valence-corrected chi connectivity index (χ1v) is 9.34. The van der Waals surface area contributed by atoms with E-state index in [-0.39, 0.29) is 22.8 Å². The molecule has 0 amide bonds. The third-order valence-electron chi connectivity index (χ3n) is 4.69. The molecule has 0 radical (unpaired) electrons. The molecule has 1 atom stereocenters. The third-order valence-corrected chi connectivity index (χ3v) is 4.93. The summed E-state index contributed by atoms with van der Waals surface area (Å²) < 4.78 is 46.3. The van der Waals surface area contributed by atoms with Gasteiger partial charge in [0.25, 0.3) is 5.56 Å². The van der Waals surface area contributed by atoms with Crippen molar-refractivity contribution in [1.82, 2.24) is 4.57 Å². The summed E-state index contributed by atoms with van der Waals surface area (Å²) in [5.41, 5.74) is -1.54. The standard InChI is InChI=1S/C20H19ClF3NO3/c1-2-28-19(27)17(9-12-3-4-12)25-8-7-13(10-18(25)26)15-11-14(21)5-6-16(15)20(22,23)24/h5-8,10-12,17H,2-4,9H2,1H3. The lowest BCUT2D eigenvalue weighted by atomic mass is 10.00. The summed E-state index contributed by atoms with van der Waals surface area (Å²) in [5.74, 6) is -0.159. The second-order valence-electron chi connectivity index (χ2n) is 6.80. The highest BCUT2D eigenvalue weighted by molar-refractivity contribution is 6.30. The SMILES string of the molecule is CCOC(=O)C(CC1CC1)n1ccc(-c2cc(Cl)ccc2C(F)(F)F)cc1=O. The first-order chi connectivity index (χ1) is 13.2. The van der Waals surface area contributed by atoms with Crippen molar-refractivity contribution in [3.05, 3.63) is 57.5 Å². The summed E-state index contributed by atoms with van der Waals surface area (Å²) in [6.07, 6.45) is -0.791. The van der Waals surface area contributed by atoms with Crippen molar-refractivity contribution in [3.63, 3.8) is 0 Å². The van der Waals surface area contributed by atoms with Gasteiger partial charge in [0.05, 0.1) is 12.2 Å². The molecule has 28 heavy (non-hydrogen) atoms. The molecule has 2 aromatic rings. The molecular weight excluding hydrogens is 395 g/mol. The van der Waals surface area contributed by atoms with Crippen molar-refractivity contribution in [2.24, 2.45) is 5.92 Å². The zero-order chi connectivity index (χ0) is 20.5. The Kier molecular flexibility index (Phi) is 5.84. The molecule has 4 nitrogen and oxygen atoms in total. The molecule has 1 aromatic carbocycles. The largest absolute Gasteiger partial charge is 0.464 e. The van der Waals surface area contributed by atoms with Crippen LogP contribution < -0.4 is 5.56 Å². The number of pyridine rings is 1. The van der Waals surface area contributed by atoms with Crippen LogP contribution in [0.4, 0.5) is 13.2 Å². The fourth-order valence-corrected chi connectivity index (χ4v) is 3.32. The van der Waals surface area contributed by atoms with E-state index in [1.807, 2.05) is 0 Å². The molecule has 1 unspecified atom stereocenters. The van der Waals surface area contributed by atoms with Gasteiger partial charge < -0.3 is 9.30 Å². The predicted octanol–water partition coefficient (Wildman–Crippen LogP) is 5.09. The number of hydrogen-bond donors (Lipinski definition) is 0. The number of aromatic nitrogens is 1. The molecule has 0 bridgehead atoms. The Hall–Kier alpha value is -2.28. The van der Waals surface area contributed by atoms with Gasteiger partial charge in [-0.3, -0.25) is 4.79 Å². The normalized spacial score (nSPS) is 15.3. The zero-order valence-electron chi connectivity index (χ0n) is 15.1. The maximum Gasteiger partial charge on any atom is 0.417 e. The lowest BCUT2D eigenvalue weighted by Gasteiger charge is -2.19. The van der Waals surface area contributed by atoms with Crippen molar-refractivity contribution in [2.45, 2.75) is 38.4 Å². The Balaban J connectivity index is 2.02. The van der Waals surface area contributed by atoms with Gasteiger partial charge in [-0.25, -0.2) is 4.79 Å². The van der Waals surface area contributed by atoms with Gasteiger partial charge in [-0.1, -0.05) is 24.4 Å². The number of esters is 1. The fraction of sp³-hybridized carbons (Fsp3) is 0.400. The van der Waals surface area contributed by atoms with E-state index in [1.54, 1.807) is 6.92 Å². The molecule has 0 saturated heterocycles. The van der Waals surface area contributed by atoms with Gasteiger partial charge in [0, 0.05) is 17.3 Å². The molecule has 8 heteroatoms. The quantitative estimate of drug-likeness (QED) is 0.619. The Bertz CT molecular complexity index is 935. The summed E-state index contributed by atoms with van der Waals surface area (Å²) in [7, 11) is 0. The average Bonchev–Trinajstić information content (AvgIpc) is 3.43. The lowest BCUT2D eigenvalue weighted by Crippen LogP contribution is -2.31. The van der Waals surface area contributed by atoms with Crippen LogP contribution in [0.1, 0.15) is 37.8 Å². The summed E-state index contributed by atoms with van der Waals surface area (Å²) in [5, 5.41) is 0.130. The molecule has 1 heterocycles. The van der Waals surface area contributed by atoms with Crippen molar-refractivity contribution in [2.75, 3.05) is 6.61 Å². The number of nitrogens with zero attached hydrogens (tertiary/aromatic N) is 1. The van der Waals surface area contributed by atoms with E-state index in [1.165, 1.54) is 22.9 Å². The van der Waals surface area contributed by atoms with Gasteiger partial charge in [0.15, 0.2) is 0 Å². The molecule has 3 rings (SSSR count). The summed E-state index contributed by atoms with van der Waals surface area (Å²) in [6.45, 7) is 1.86. The minimum atomic E-state index is -4.59. The number of halogens is 4. The fourth-order valence-electron chi connectivity index (χ4n) is 3.15. The van der Waals surface area contributed by atoms with Crippen LogP contribution in [-0.4, -0.2) is 17.1 Å². The maximum absolute atomic E-state index is 13.3. The Morgan fingerprint density at radius 3 is 2.57 bits per heavy atom. The van der Waals surface area contributed by atoms with E-state index in [0.29, 0.717) is 12.3 Å². The molecule has 1 aliphatic carbocycles. The number of rotatable bonds is 6. The second-order valence-corrected chi connectivity index (χ2v) is 7.23. The maximum atomic E-state index is 13.3. The Morgan fingerprint density at radius 2 is 2.00 bits per heavy atom. The Labute approximate surface area is 164 Å². The van der Waals surface area contributed by atoms with Gasteiger partial charge in [-0.15, -0.1) is 0 Å². The second kappa shape index (κ2) is 7.99. The van der Waals surface area contributed by atoms with E-state index in [4.69, 9.17) is 16.3 Å². The van der Waals surface area contributed by atoms with Crippen LogP contribution in [0.15, 0.2) is 41.3 Å². The number of hydrogen-bond acceptors (Lipinski definition) is 3. The first-order valence-electron chi connectivity index (χ1n) is 8.96. The summed E-state index contributed by atoms with van der Waals surface area (Å²) in [4.78, 5) is 24.9. The number of ether oxygens (including phenoxy) is 1. The van der Waals surface area contributed by atoms with Crippen molar-refractivity contribution in [1.29, 1.82) is 0 Å². The monoisotopic (exact) mass is 413 g/mol. The average molecular weight is 414 g/mol. The van der Waals surface area contributed by atoms with Crippen LogP contribution in [0.5, 0.6) is 0 Å². The van der Waals surface area contributed by atoms with E-state index in [2.05, 4.69) is 0 Å². The van der Waals surface area contributed by atoms with Gasteiger partial charge in [0.2, 0.25) is 0 Å². The van der Waals surface area contributed by atoms with Crippen molar-refractivity contribution in [3.8, 4) is 11.1 Å². The minimum absolute atomic E-state index is 0.0881. The van der Waals surface area contributed by atoms with Gasteiger partial charge >= 0.3 is 12.1 Å². The van der Waals surface area contributed by atoms with E-state index >= 15 is 0 Å². The molecule has 1 aliphatic rings. The molecule has 0 N–H and O–H groups in total. The lowest BCUT2D eigenvalue weighted by molar-refractivity contribution is -0.147. The molecular formula is C20H19ClF3NO3. The van der Waals surface area contributed by atoms with Crippen LogP contribution in [0.3, 0.4) is 0 Å². The molecule has 1 fully saturated rings. The number of carbonyl (C=O) groups excluding carboxylic acids is 1. The number of alkyl halides is 3. The smallest absolute Gasteiger partial charge is 0.417 e. The minimum Gasteiger partial charge on any atom is -0.464 e. The summed E-state index contributed by atoms with van der Waals surface area (Å²) >= 11 is 5.87. The number of benzene rings is 1. The highest BCUT2D eigenvalue weighted by Crippen LogP contribution is 2.39. The highest BCUT2D eigenvalue weighted by atomic mass is 35.5. The van der Waals surface area contributed by atoms with Crippen LogP contribution in [0.25, 0.3) is 11.1 Å². The van der Waals surface area contributed by atoms with Crippen LogP contribution in [-0.2, 0) is 15.7 Å². The van der Waals surface area contributed by atoms with Gasteiger partial charge in [0.1, 0.15) is 6.04 Å². The zero-order valence-corrected chi connectivity index (χ0v) is 15.9. The molecule has 0 aliphatic heterocycles. The van der Waals surface area contributed by atoms with E-state index < -0.39 is 29.3 Å². The first kappa shape index (κ1) is 20.5. The van der Waals surface area contributed by atoms with Crippen LogP contribution in [0.2, 0.25) is 5.02 Å². The van der Waals surface area contributed by atoms with Crippen molar-refractivity contribution < 1.29 is 22.7 Å². The molecule has 0 spiro atoms. The highest BCUT2D eigenvalue weighted by Gasteiger charge is 2.34. The molecule has 1 saturated carbocycles. The topological polar surface area (TPSA) is 48.3 Å². The number of carbonyl (C=O) groups is 1. The molecule has 150 valence electrons. The van der Waals surface area contributed by atoms with E-state index in [0.717, 1.165) is 31.0 Å². The van der Waals surface area contributed by atoms with Crippen molar-refractivity contribution >= 4 is 17.6 Å².